The Kier molecular flexibility index (Phi) is 12.6. The third-order valence-electron chi connectivity index (χ3n) is 3.58. The number of aliphatic hydroxyl groups excluding tert-OH is 1. The van der Waals surface area contributed by atoms with Crippen LogP contribution in [-0.4, -0.2) is 66.8 Å². The van der Waals surface area contributed by atoms with Crippen molar-refractivity contribution < 1.29 is 29.0 Å². The van der Waals surface area contributed by atoms with Crippen molar-refractivity contribution in [2.75, 3.05) is 26.2 Å². The molecule has 0 spiro atoms. The van der Waals surface area contributed by atoms with Crippen LogP contribution in [0.3, 0.4) is 0 Å². The van der Waals surface area contributed by atoms with Gasteiger partial charge in [0.05, 0.1) is 5.60 Å². The Hall–Kier alpha value is -1.91. The molecule has 10 heteroatoms. The third-order valence-corrected chi connectivity index (χ3v) is 3.58. The Labute approximate surface area is 179 Å². The molecule has 10 nitrogen and oxygen atoms in total. The second-order valence-corrected chi connectivity index (χ2v) is 9.05. The molecule has 0 aliphatic rings. The Bertz CT molecular complexity index is 542. The Morgan fingerprint density at radius 3 is 2.00 bits per heavy atom. The highest BCUT2D eigenvalue weighted by Crippen LogP contribution is 2.08. The van der Waals surface area contributed by atoms with Crippen LogP contribution in [0, 0.1) is 5.92 Å². The number of rotatable bonds is 12. The fourth-order valence-corrected chi connectivity index (χ4v) is 2.18. The minimum absolute atomic E-state index is 0.164. The molecule has 0 fully saturated rings. The number of hydrogen-bond donors (Lipinski definition) is 5. The molecule has 0 saturated heterocycles. The molecular weight excluding hydrogens is 392 g/mol. The van der Waals surface area contributed by atoms with E-state index < -0.39 is 23.7 Å². The zero-order valence-electron chi connectivity index (χ0n) is 19.4. The summed E-state index contributed by atoms with van der Waals surface area (Å²) < 4.78 is 10.4. The smallest absolute Gasteiger partial charge is 0.407 e. The molecule has 2 atom stereocenters. The minimum atomic E-state index is -1.10. The molecule has 5 N–H and O–H groups in total. The number of aliphatic hydroxyl groups is 1. The van der Waals surface area contributed by atoms with Gasteiger partial charge in [-0.25, -0.2) is 4.79 Å². The van der Waals surface area contributed by atoms with Gasteiger partial charge >= 0.3 is 6.09 Å². The van der Waals surface area contributed by atoms with Crippen LogP contribution < -0.4 is 21.3 Å². The normalized spacial score (nSPS) is 13.9. The van der Waals surface area contributed by atoms with Gasteiger partial charge in [-0.05, 0) is 48.0 Å². The summed E-state index contributed by atoms with van der Waals surface area (Å²) in [5.74, 6) is -0.682. The van der Waals surface area contributed by atoms with Gasteiger partial charge in [0.25, 0.3) is 0 Å². The van der Waals surface area contributed by atoms with E-state index in [1.807, 2.05) is 20.8 Å². The molecule has 0 aromatic carbocycles. The van der Waals surface area contributed by atoms with Crippen molar-refractivity contribution in [3.63, 3.8) is 0 Å². The summed E-state index contributed by atoms with van der Waals surface area (Å²) in [7, 11) is 0. The summed E-state index contributed by atoms with van der Waals surface area (Å²) in [5.41, 5.74) is -1.04. The van der Waals surface area contributed by atoms with Crippen LogP contribution in [0.25, 0.3) is 0 Å². The lowest BCUT2D eigenvalue weighted by atomic mass is 10.0. The number of ether oxygens (including phenoxy) is 2. The van der Waals surface area contributed by atoms with Gasteiger partial charge in [-0.2, -0.15) is 0 Å². The molecule has 0 bridgehead atoms. The van der Waals surface area contributed by atoms with Crippen molar-refractivity contribution in [3.05, 3.63) is 0 Å². The maximum atomic E-state index is 12.1. The van der Waals surface area contributed by atoms with E-state index in [1.54, 1.807) is 27.7 Å². The SMILES string of the molecule is C[C@@H](CCC(=O)NCCNC(=O)OC(C)(C)C)C(=O)NCCNC(O)OC(C)(C)C. The van der Waals surface area contributed by atoms with E-state index in [1.165, 1.54) is 0 Å². The first-order valence-corrected chi connectivity index (χ1v) is 10.3. The first-order valence-electron chi connectivity index (χ1n) is 10.3. The predicted molar refractivity (Wildman–Crippen MR) is 114 cm³/mol. The Morgan fingerprint density at radius 2 is 1.43 bits per heavy atom. The van der Waals surface area contributed by atoms with E-state index in [2.05, 4.69) is 21.3 Å². The lowest BCUT2D eigenvalue weighted by Crippen LogP contribution is -2.42. The highest BCUT2D eigenvalue weighted by Gasteiger charge is 2.17. The molecule has 0 rings (SSSR count). The first kappa shape index (κ1) is 28.1. The molecule has 1 unspecified atom stereocenters. The molecule has 0 radical (unpaired) electrons. The monoisotopic (exact) mass is 432 g/mol. The number of alkyl carbamates (subject to hydrolysis) is 1. The van der Waals surface area contributed by atoms with Gasteiger partial charge in [0, 0.05) is 38.5 Å². The quantitative estimate of drug-likeness (QED) is 0.228. The fourth-order valence-electron chi connectivity index (χ4n) is 2.18. The highest BCUT2D eigenvalue weighted by molar-refractivity contribution is 5.80. The van der Waals surface area contributed by atoms with Crippen LogP contribution in [0.2, 0.25) is 0 Å². The van der Waals surface area contributed by atoms with Crippen molar-refractivity contribution in [2.24, 2.45) is 5.92 Å². The summed E-state index contributed by atoms with van der Waals surface area (Å²) >= 11 is 0. The van der Waals surface area contributed by atoms with Gasteiger partial charge in [-0.3, -0.25) is 14.9 Å². The number of hydrogen-bond acceptors (Lipinski definition) is 7. The molecule has 0 aliphatic carbocycles. The summed E-state index contributed by atoms with van der Waals surface area (Å²) in [6, 6.07) is 0. The second-order valence-electron chi connectivity index (χ2n) is 9.05. The molecule has 0 aliphatic heterocycles. The maximum absolute atomic E-state index is 12.1. The van der Waals surface area contributed by atoms with E-state index in [0.717, 1.165) is 0 Å². The van der Waals surface area contributed by atoms with Crippen LogP contribution in [-0.2, 0) is 19.1 Å². The lowest BCUT2D eigenvalue weighted by molar-refractivity contribution is -0.181. The fraction of sp³-hybridized carbons (Fsp3) is 0.850. The number of carbonyl (C=O) groups excluding carboxylic acids is 3. The summed E-state index contributed by atoms with van der Waals surface area (Å²) in [6.45, 7) is 13.8. The van der Waals surface area contributed by atoms with Crippen LogP contribution in [0.5, 0.6) is 0 Å². The van der Waals surface area contributed by atoms with Crippen LogP contribution in [0.1, 0.15) is 61.3 Å². The van der Waals surface area contributed by atoms with Crippen molar-refractivity contribution in [3.8, 4) is 0 Å². The molecule has 30 heavy (non-hydrogen) atoms. The standard InChI is InChI=1S/C20H40N4O6/c1-14(16(26)22-11-13-24-18(28)30-20(5,6)7)8-9-15(25)21-10-12-23-17(27)29-19(2,3)4/h14,18,24,28H,8-13H2,1-7H3,(H,21,25)(H,22,26)(H,23,27)/t14-,18?/m0/s1. The van der Waals surface area contributed by atoms with Gasteiger partial charge in [-0.1, -0.05) is 6.92 Å². The molecule has 0 aromatic rings. The zero-order chi connectivity index (χ0) is 23.4. The first-order chi connectivity index (χ1) is 13.7. The van der Waals surface area contributed by atoms with E-state index in [4.69, 9.17) is 9.47 Å². The Morgan fingerprint density at radius 1 is 0.867 bits per heavy atom. The van der Waals surface area contributed by atoms with Gasteiger partial charge in [-0.15, -0.1) is 0 Å². The molecule has 176 valence electrons. The predicted octanol–water partition coefficient (Wildman–Crippen LogP) is 0.840. The molecular formula is C20H40N4O6. The molecule has 0 aromatic heterocycles. The van der Waals surface area contributed by atoms with E-state index >= 15 is 0 Å². The third kappa shape index (κ3) is 17.0. The average molecular weight is 433 g/mol. The van der Waals surface area contributed by atoms with E-state index in [0.29, 0.717) is 19.5 Å². The average Bonchev–Trinajstić information content (AvgIpc) is 2.57. The van der Waals surface area contributed by atoms with Gasteiger partial charge < -0.3 is 30.5 Å². The van der Waals surface area contributed by atoms with E-state index in [9.17, 15) is 19.5 Å². The molecule has 3 amide bonds. The van der Waals surface area contributed by atoms with Crippen LogP contribution in [0.4, 0.5) is 4.79 Å². The second kappa shape index (κ2) is 13.4. The van der Waals surface area contributed by atoms with Gasteiger partial charge in [0.1, 0.15) is 5.60 Å². The van der Waals surface area contributed by atoms with Crippen molar-refractivity contribution in [2.45, 2.75) is 78.9 Å². The van der Waals surface area contributed by atoms with Crippen LogP contribution >= 0.6 is 0 Å². The van der Waals surface area contributed by atoms with E-state index in [-0.39, 0.29) is 37.2 Å². The molecule has 0 heterocycles. The Balaban J connectivity index is 3.85. The summed E-state index contributed by atoms with van der Waals surface area (Å²) in [4.78, 5) is 35.4. The lowest BCUT2D eigenvalue weighted by Gasteiger charge is -2.24. The van der Waals surface area contributed by atoms with Crippen molar-refractivity contribution >= 4 is 17.9 Å². The number of nitrogens with one attached hydrogen (secondary N) is 4. The van der Waals surface area contributed by atoms with Gasteiger partial charge in [0.2, 0.25) is 18.2 Å². The number of amides is 3. The largest absolute Gasteiger partial charge is 0.444 e. The van der Waals surface area contributed by atoms with Crippen molar-refractivity contribution in [1.29, 1.82) is 0 Å². The maximum Gasteiger partial charge on any atom is 0.407 e. The zero-order valence-corrected chi connectivity index (χ0v) is 19.4. The topological polar surface area (TPSA) is 138 Å². The molecule has 0 saturated carbocycles. The minimum Gasteiger partial charge on any atom is -0.444 e. The number of carbonyl (C=O) groups is 3. The van der Waals surface area contributed by atoms with Gasteiger partial charge in [0.15, 0.2) is 0 Å². The highest BCUT2D eigenvalue weighted by atomic mass is 16.6. The van der Waals surface area contributed by atoms with Crippen molar-refractivity contribution in [1.82, 2.24) is 21.3 Å². The van der Waals surface area contributed by atoms with Crippen LogP contribution in [0.15, 0.2) is 0 Å². The summed E-state index contributed by atoms with van der Waals surface area (Å²) in [6.07, 6.45) is -1.03. The summed E-state index contributed by atoms with van der Waals surface area (Å²) in [5, 5.41) is 20.4.